The van der Waals surface area contributed by atoms with Gasteiger partial charge >= 0.3 is 0 Å². The normalized spacial score (nSPS) is 12.2. The number of benzene rings is 1. The van der Waals surface area contributed by atoms with Crippen molar-refractivity contribution in [2.24, 2.45) is 5.92 Å². The Morgan fingerprint density at radius 2 is 1.90 bits per heavy atom. The summed E-state index contributed by atoms with van der Waals surface area (Å²) in [6.07, 6.45) is 1.08. The summed E-state index contributed by atoms with van der Waals surface area (Å²) in [6, 6.07) is 6.57. The number of nitrogens with one attached hydrogen (secondary N) is 3. The quantitative estimate of drug-likeness (QED) is 0.736. The SMILES string of the molecule is CNCC(C)C(=O)Nc1cccc(NS(C)(=O)=O)c1.Cl. The Morgan fingerprint density at radius 1 is 1.30 bits per heavy atom. The molecule has 0 aliphatic carbocycles. The monoisotopic (exact) mass is 321 g/mol. The Kier molecular flexibility index (Phi) is 7.55. The van der Waals surface area contributed by atoms with Gasteiger partial charge in [0, 0.05) is 18.2 Å². The molecule has 1 aromatic carbocycles. The summed E-state index contributed by atoms with van der Waals surface area (Å²) in [5.74, 6) is -0.289. The summed E-state index contributed by atoms with van der Waals surface area (Å²) in [5, 5.41) is 5.66. The maximum Gasteiger partial charge on any atom is 0.229 e. The highest BCUT2D eigenvalue weighted by molar-refractivity contribution is 7.92. The average Bonchev–Trinajstić information content (AvgIpc) is 2.27. The molecule has 0 radical (unpaired) electrons. The number of amides is 1. The Bertz CT molecular complexity index is 549. The lowest BCUT2D eigenvalue weighted by molar-refractivity contribution is -0.119. The van der Waals surface area contributed by atoms with E-state index in [1.165, 1.54) is 0 Å². The van der Waals surface area contributed by atoms with Crippen LogP contribution in [0.1, 0.15) is 6.92 Å². The van der Waals surface area contributed by atoms with E-state index < -0.39 is 10.0 Å². The van der Waals surface area contributed by atoms with Crippen LogP contribution < -0.4 is 15.4 Å². The molecule has 8 heteroatoms. The lowest BCUT2D eigenvalue weighted by atomic mass is 10.1. The van der Waals surface area contributed by atoms with Crippen molar-refractivity contribution in [3.05, 3.63) is 24.3 Å². The third-order valence-corrected chi connectivity index (χ3v) is 3.00. The molecule has 0 heterocycles. The number of carbonyl (C=O) groups excluding carboxylic acids is 1. The van der Waals surface area contributed by atoms with Gasteiger partial charge in [0.1, 0.15) is 0 Å². The van der Waals surface area contributed by atoms with Gasteiger partial charge in [0.2, 0.25) is 15.9 Å². The second kappa shape index (κ2) is 8.08. The van der Waals surface area contributed by atoms with Crippen molar-refractivity contribution in [1.82, 2.24) is 5.32 Å². The van der Waals surface area contributed by atoms with Gasteiger partial charge in [-0.1, -0.05) is 13.0 Å². The molecule has 1 aromatic rings. The van der Waals surface area contributed by atoms with E-state index in [4.69, 9.17) is 0 Å². The van der Waals surface area contributed by atoms with Crippen molar-refractivity contribution >= 4 is 39.7 Å². The molecule has 0 saturated carbocycles. The van der Waals surface area contributed by atoms with Crippen molar-refractivity contribution in [1.29, 1.82) is 0 Å². The Balaban J connectivity index is 0.00000361. The molecule has 6 nitrogen and oxygen atoms in total. The van der Waals surface area contributed by atoms with Gasteiger partial charge in [0.25, 0.3) is 0 Å². The third-order valence-electron chi connectivity index (χ3n) is 2.39. The second-order valence-electron chi connectivity index (χ2n) is 4.40. The number of anilines is 2. The van der Waals surface area contributed by atoms with Crippen molar-refractivity contribution in [3.8, 4) is 0 Å². The van der Waals surface area contributed by atoms with Crippen molar-refractivity contribution in [2.75, 3.05) is 29.9 Å². The zero-order valence-electron chi connectivity index (χ0n) is 11.6. The van der Waals surface area contributed by atoms with E-state index in [-0.39, 0.29) is 24.2 Å². The van der Waals surface area contributed by atoms with E-state index in [0.29, 0.717) is 17.9 Å². The first-order valence-corrected chi connectivity index (χ1v) is 7.74. The largest absolute Gasteiger partial charge is 0.326 e. The average molecular weight is 322 g/mol. The van der Waals surface area contributed by atoms with Gasteiger partial charge in [0.15, 0.2) is 0 Å². The van der Waals surface area contributed by atoms with Gasteiger partial charge in [0.05, 0.1) is 11.9 Å². The van der Waals surface area contributed by atoms with E-state index in [1.807, 2.05) is 6.92 Å². The molecule has 1 atom stereocenters. The molecule has 0 aliphatic heterocycles. The van der Waals surface area contributed by atoms with Crippen LogP contribution in [-0.2, 0) is 14.8 Å². The van der Waals surface area contributed by atoms with Crippen molar-refractivity contribution in [2.45, 2.75) is 6.92 Å². The summed E-state index contributed by atoms with van der Waals surface area (Å²) < 4.78 is 24.6. The first-order chi connectivity index (χ1) is 8.81. The van der Waals surface area contributed by atoms with E-state index in [1.54, 1.807) is 31.3 Å². The van der Waals surface area contributed by atoms with Crippen LogP contribution in [0.3, 0.4) is 0 Å². The lowest BCUT2D eigenvalue weighted by Crippen LogP contribution is -2.28. The fourth-order valence-electron chi connectivity index (χ4n) is 1.54. The summed E-state index contributed by atoms with van der Waals surface area (Å²) in [6.45, 7) is 2.39. The second-order valence-corrected chi connectivity index (χ2v) is 6.15. The predicted molar refractivity (Wildman–Crippen MR) is 83.9 cm³/mol. The number of hydrogen-bond acceptors (Lipinski definition) is 4. The van der Waals surface area contributed by atoms with Gasteiger partial charge in [-0.25, -0.2) is 8.42 Å². The first kappa shape index (κ1) is 18.7. The molecule has 0 saturated heterocycles. The van der Waals surface area contributed by atoms with Crippen LogP contribution >= 0.6 is 12.4 Å². The highest BCUT2D eigenvalue weighted by Crippen LogP contribution is 2.16. The summed E-state index contributed by atoms with van der Waals surface area (Å²) in [5.41, 5.74) is 0.975. The lowest BCUT2D eigenvalue weighted by Gasteiger charge is -2.12. The highest BCUT2D eigenvalue weighted by Gasteiger charge is 2.12. The molecular formula is C12H20ClN3O3S. The topological polar surface area (TPSA) is 87.3 Å². The summed E-state index contributed by atoms with van der Waals surface area (Å²) >= 11 is 0. The molecule has 1 unspecified atom stereocenters. The van der Waals surface area contributed by atoms with Crippen LogP contribution in [0.5, 0.6) is 0 Å². The number of hydrogen-bond donors (Lipinski definition) is 3. The molecular weight excluding hydrogens is 302 g/mol. The van der Waals surface area contributed by atoms with Crippen LogP contribution in [0.4, 0.5) is 11.4 Å². The van der Waals surface area contributed by atoms with Crippen molar-refractivity contribution < 1.29 is 13.2 Å². The standard InChI is InChI=1S/C12H19N3O3S.ClH/c1-9(8-13-2)12(16)14-10-5-4-6-11(7-10)15-19(3,17)18;/h4-7,9,13,15H,8H2,1-3H3,(H,14,16);1H. The van der Waals surface area contributed by atoms with E-state index >= 15 is 0 Å². The van der Waals surface area contributed by atoms with Crippen molar-refractivity contribution in [3.63, 3.8) is 0 Å². The van der Waals surface area contributed by atoms with Crippen LogP contribution in [0, 0.1) is 5.92 Å². The minimum absolute atomic E-state index is 0. The minimum Gasteiger partial charge on any atom is -0.326 e. The predicted octanol–water partition coefficient (Wildman–Crippen LogP) is 1.27. The van der Waals surface area contributed by atoms with Gasteiger partial charge in [-0.15, -0.1) is 12.4 Å². The molecule has 0 aromatic heterocycles. The summed E-state index contributed by atoms with van der Waals surface area (Å²) in [4.78, 5) is 11.8. The minimum atomic E-state index is -3.32. The number of sulfonamides is 1. The maximum atomic E-state index is 11.8. The molecule has 0 fully saturated rings. The van der Waals surface area contributed by atoms with Gasteiger partial charge in [-0.05, 0) is 25.2 Å². The van der Waals surface area contributed by atoms with Crippen LogP contribution in [0.15, 0.2) is 24.3 Å². The molecule has 0 spiro atoms. The molecule has 114 valence electrons. The third kappa shape index (κ3) is 6.74. The Labute approximate surface area is 125 Å². The Hall–Kier alpha value is -1.31. The maximum absolute atomic E-state index is 11.8. The van der Waals surface area contributed by atoms with E-state index in [9.17, 15) is 13.2 Å². The highest BCUT2D eigenvalue weighted by atomic mass is 35.5. The molecule has 1 rings (SSSR count). The summed E-state index contributed by atoms with van der Waals surface area (Å²) in [7, 11) is -1.54. The van der Waals surface area contributed by atoms with Crippen LogP contribution in [0.25, 0.3) is 0 Å². The van der Waals surface area contributed by atoms with Crippen LogP contribution in [-0.4, -0.2) is 34.2 Å². The van der Waals surface area contributed by atoms with E-state index in [2.05, 4.69) is 15.4 Å². The number of rotatable bonds is 6. The van der Waals surface area contributed by atoms with Crippen LogP contribution in [0.2, 0.25) is 0 Å². The van der Waals surface area contributed by atoms with Gasteiger partial charge < -0.3 is 10.6 Å². The zero-order valence-corrected chi connectivity index (χ0v) is 13.3. The molecule has 0 aliphatic rings. The zero-order chi connectivity index (χ0) is 14.5. The first-order valence-electron chi connectivity index (χ1n) is 5.85. The Morgan fingerprint density at radius 3 is 2.45 bits per heavy atom. The molecule has 1 amide bonds. The number of halogens is 1. The smallest absolute Gasteiger partial charge is 0.229 e. The molecule has 3 N–H and O–H groups in total. The number of carbonyl (C=O) groups is 1. The fraction of sp³-hybridized carbons (Fsp3) is 0.417. The van der Waals surface area contributed by atoms with Gasteiger partial charge in [-0.2, -0.15) is 0 Å². The van der Waals surface area contributed by atoms with E-state index in [0.717, 1.165) is 6.26 Å². The molecule has 20 heavy (non-hydrogen) atoms. The fourth-order valence-corrected chi connectivity index (χ4v) is 2.09. The molecule has 0 bridgehead atoms. The van der Waals surface area contributed by atoms with Gasteiger partial charge in [-0.3, -0.25) is 9.52 Å².